The average molecular weight is 424 g/mol. The van der Waals surface area contributed by atoms with Crippen LogP contribution in [0.1, 0.15) is 34.2 Å². The molecule has 5 nitrogen and oxygen atoms in total. The molecule has 1 aliphatic rings. The van der Waals surface area contributed by atoms with Gasteiger partial charge in [0.1, 0.15) is 5.75 Å². The number of hydrogen-bond donors (Lipinski definition) is 0. The first-order valence-corrected chi connectivity index (χ1v) is 11.5. The number of nitrogens with zero attached hydrogens (tertiary/aromatic N) is 3. The van der Waals surface area contributed by atoms with Crippen molar-refractivity contribution in [1.29, 1.82) is 0 Å². The van der Waals surface area contributed by atoms with Gasteiger partial charge in [-0.2, -0.15) is 4.98 Å². The molecule has 0 aliphatic carbocycles. The van der Waals surface area contributed by atoms with Crippen LogP contribution < -0.4 is 4.74 Å². The second-order valence-corrected chi connectivity index (χ2v) is 8.86. The van der Waals surface area contributed by atoms with Crippen LogP contribution in [0, 0.1) is 0 Å². The lowest BCUT2D eigenvalue weighted by Crippen LogP contribution is -2.34. The van der Waals surface area contributed by atoms with E-state index in [1.807, 2.05) is 42.5 Å². The quantitative estimate of drug-likeness (QED) is 0.415. The summed E-state index contributed by atoms with van der Waals surface area (Å²) < 4.78 is 11.4. The van der Waals surface area contributed by atoms with Crippen LogP contribution in [0.3, 0.4) is 0 Å². The van der Waals surface area contributed by atoms with Gasteiger partial charge in [0, 0.05) is 16.3 Å². The van der Waals surface area contributed by atoms with Crippen LogP contribution >= 0.6 is 22.7 Å². The average Bonchev–Trinajstić information content (AvgIpc) is 3.50. The van der Waals surface area contributed by atoms with Crippen molar-refractivity contribution in [3.05, 3.63) is 74.4 Å². The van der Waals surface area contributed by atoms with Crippen molar-refractivity contribution in [2.24, 2.45) is 0 Å². The van der Waals surface area contributed by atoms with Crippen LogP contribution in [-0.2, 0) is 13.0 Å². The number of benzene rings is 1. The maximum absolute atomic E-state index is 5.72. The molecule has 7 heteroatoms. The summed E-state index contributed by atoms with van der Waals surface area (Å²) in [6, 6.07) is 14.7. The molecule has 1 aromatic carbocycles. The zero-order valence-electron chi connectivity index (χ0n) is 16.1. The van der Waals surface area contributed by atoms with Crippen molar-refractivity contribution in [3.8, 4) is 17.1 Å². The van der Waals surface area contributed by atoms with Gasteiger partial charge in [-0.05, 0) is 53.9 Å². The molecule has 0 spiro atoms. The summed E-state index contributed by atoms with van der Waals surface area (Å²) in [6.07, 6.45) is 1.06. The van der Waals surface area contributed by atoms with E-state index in [-0.39, 0.29) is 6.04 Å². The summed E-state index contributed by atoms with van der Waals surface area (Å²) in [5.74, 6) is 1.98. The van der Waals surface area contributed by atoms with Crippen LogP contribution in [0.4, 0.5) is 0 Å². The first-order valence-electron chi connectivity index (χ1n) is 9.72. The van der Waals surface area contributed by atoms with Crippen LogP contribution in [0.15, 0.2) is 57.7 Å². The summed E-state index contributed by atoms with van der Waals surface area (Å²) in [7, 11) is 0. The van der Waals surface area contributed by atoms with Crippen molar-refractivity contribution in [1.82, 2.24) is 15.0 Å². The summed E-state index contributed by atoms with van der Waals surface area (Å²) in [4.78, 5) is 9.96. The van der Waals surface area contributed by atoms with Gasteiger partial charge in [-0.25, -0.2) is 0 Å². The van der Waals surface area contributed by atoms with E-state index in [2.05, 4.69) is 44.0 Å². The fraction of sp³-hybridized carbons (Fsp3) is 0.273. The number of thiophene rings is 2. The molecule has 148 valence electrons. The maximum atomic E-state index is 5.72. The van der Waals surface area contributed by atoms with Crippen LogP contribution in [-0.4, -0.2) is 28.2 Å². The Labute approximate surface area is 177 Å². The van der Waals surface area contributed by atoms with Crippen molar-refractivity contribution < 1.29 is 9.26 Å². The predicted octanol–water partition coefficient (Wildman–Crippen LogP) is 5.41. The molecule has 1 aliphatic heterocycles. The van der Waals surface area contributed by atoms with E-state index in [0.717, 1.165) is 24.3 Å². The third-order valence-corrected chi connectivity index (χ3v) is 7.03. The van der Waals surface area contributed by atoms with Crippen molar-refractivity contribution in [2.45, 2.75) is 25.9 Å². The van der Waals surface area contributed by atoms with Gasteiger partial charge in [0.2, 0.25) is 11.7 Å². The summed E-state index contributed by atoms with van der Waals surface area (Å²) in [5.41, 5.74) is 2.27. The SMILES string of the molecule is CCOc1ccccc1-c1noc(CN2CCc3sccc3[C@H]2c2cccs2)n1. The highest BCUT2D eigenvalue weighted by Gasteiger charge is 2.31. The molecule has 4 heterocycles. The summed E-state index contributed by atoms with van der Waals surface area (Å²) >= 11 is 3.66. The normalized spacial score (nSPS) is 16.7. The lowest BCUT2D eigenvalue weighted by molar-refractivity contribution is 0.181. The Kier molecular flexibility index (Phi) is 5.18. The summed E-state index contributed by atoms with van der Waals surface area (Å²) in [5, 5.41) is 8.57. The van der Waals surface area contributed by atoms with E-state index in [0.29, 0.717) is 24.9 Å². The lowest BCUT2D eigenvalue weighted by Gasteiger charge is -2.34. The van der Waals surface area contributed by atoms with Gasteiger partial charge in [0.15, 0.2) is 0 Å². The third-order valence-electron chi connectivity index (χ3n) is 5.11. The van der Waals surface area contributed by atoms with Gasteiger partial charge in [0.25, 0.3) is 0 Å². The Morgan fingerprint density at radius 2 is 2.07 bits per heavy atom. The Balaban J connectivity index is 1.42. The van der Waals surface area contributed by atoms with E-state index in [1.54, 1.807) is 11.3 Å². The highest BCUT2D eigenvalue weighted by Crippen LogP contribution is 2.40. The highest BCUT2D eigenvalue weighted by molar-refractivity contribution is 7.10. The van der Waals surface area contributed by atoms with E-state index in [9.17, 15) is 0 Å². The van der Waals surface area contributed by atoms with Crippen molar-refractivity contribution >= 4 is 22.7 Å². The highest BCUT2D eigenvalue weighted by atomic mass is 32.1. The lowest BCUT2D eigenvalue weighted by atomic mass is 9.98. The number of rotatable bonds is 6. The molecular weight excluding hydrogens is 402 g/mol. The number of para-hydroxylation sites is 1. The molecule has 0 saturated heterocycles. The minimum Gasteiger partial charge on any atom is -0.493 e. The molecule has 1 atom stereocenters. The van der Waals surface area contributed by atoms with Gasteiger partial charge >= 0.3 is 0 Å². The Bertz CT molecular complexity index is 1090. The van der Waals surface area contributed by atoms with Gasteiger partial charge in [-0.3, -0.25) is 4.90 Å². The van der Waals surface area contributed by atoms with Crippen LogP contribution in [0.2, 0.25) is 0 Å². The number of ether oxygens (including phenoxy) is 1. The molecule has 0 saturated carbocycles. The van der Waals surface area contributed by atoms with E-state index in [1.165, 1.54) is 15.3 Å². The zero-order chi connectivity index (χ0) is 19.6. The molecule has 4 aromatic rings. The van der Waals surface area contributed by atoms with Crippen molar-refractivity contribution in [2.75, 3.05) is 13.2 Å². The molecule has 0 radical (unpaired) electrons. The Morgan fingerprint density at radius 1 is 1.14 bits per heavy atom. The minimum atomic E-state index is 0.246. The molecule has 0 amide bonds. The first kappa shape index (κ1) is 18.5. The van der Waals surface area contributed by atoms with Crippen LogP contribution in [0.5, 0.6) is 5.75 Å². The molecule has 0 N–H and O–H groups in total. The molecular formula is C22H21N3O2S2. The monoisotopic (exact) mass is 423 g/mol. The standard InChI is InChI=1S/C22H21N3O2S2/c1-2-26-17-7-4-3-6-15(17)22-23-20(27-24-22)14-25-11-9-18-16(10-13-29-18)21(25)19-8-5-12-28-19/h3-8,10,12-13,21H,2,9,11,14H2,1H3/t21-/m0/s1. The largest absolute Gasteiger partial charge is 0.493 e. The molecule has 0 fully saturated rings. The second-order valence-electron chi connectivity index (χ2n) is 6.88. The molecule has 5 rings (SSSR count). The Hall–Kier alpha value is -2.48. The topological polar surface area (TPSA) is 51.4 Å². The predicted molar refractivity (Wildman–Crippen MR) is 115 cm³/mol. The van der Waals surface area contributed by atoms with E-state index < -0.39 is 0 Å². The number of fused-ring (bicyclic) bond motifs is 1. The van der Waals surface area contributed by atoms with Crippen LogP contribution in [0.25, 0.3) is 11.4 Å². The van der Waals surface area contributed by atoms with Gasteiger partial charge in [-0.15, -0.1) is 22.7 Å². The number of hydrogen-bond acceptors (Lipinski definition) is 7. The number of aromatic nitrogens is 2. The summed E-state index contributed by atoms with van der Waals surface area (Å²) in [6.45, 7) is 4.17. The smallest absolute Gasteiger partial charge is 0.241 e. The van der Waals surface area contributed by atoms with Gasteiger partial charge in [-0.1, -0.05) is 23.4 Å². The Morgan fingerprint density at radius 3 is 2.93 bits per heavy atom. The fourth-order valence-corrected chi connectivity index (χ4v) is 5.63. The van der Waals surface area contributed by atoms with Gasteiger partial charge in [0.05, 0.1) is 24.8 Å². The van der Waals surface area contributed by atoms with Gasteiger partial charge < -0.3 is 9.26 Å². The van der Waals surface area contributed by atoms with E-state index >= 15 is 0 Å². The molecule has 3 aromatic heterocycles. The second kappa shape index (κ2) is 8.10. The zero-order valence-corrected chi connectivity index (χ0v) is 17.7. The van der Waals surface area contributed by atoms with Crippen molar-refractivity contribution in [3.63, 3.8) is 0 Å². The maximum Gasteiger partial charge on any atom is 0.241 e. The molecule has 0 bridgehead atoms. The molecule has 29 heavy (non-hydrogen) atoms. The minimum absolute atomic E-state index is 0.246. The fourth-order valence-electron chi connectivity index (χ4n) is 3.85. The third kappa shape index (κ3) is 3.61. The first-order chi connectivity index (χ1) is 14.3. The van der Waals surface area contributed by atoms with E-state index in [4.69, 9.17) is 9.26 Å². The molecule has 0 unspecified atom stereocenters.